The Hall–Kier alpha value is -1.76. The normalized spacial score (nSPS) is 16.5. The van der Waals surface area contributed by atoms with Crippen LogP contribution in [0.4, 0.5) is 5.82 Å². The highest BCUT2D eigenvalue weighted by molar-refractivity contribution is 5.61. The second-order valence-corrected chi connectivity index (χ2v) is 6.95. The number of rotatable bonds is 7. The van der Waals surface area contributed by atoms with Crippen LogP contribution in [0, 0.1) is 0 Å². The molecule has 0 atom stereocenters. The molecule has 1 aromatic heterocycles. The summed E-state index contributed by atoms with van der Waals surface area (Å²) in [6.07, 6.45) is 10.4. The zero-order chi connectivity index (χ0) is 19.5. The molecule has 0 saturated carbocycles. The lowest BCUT2D eigenvalue weighted by Crippen LogP contribution is -2.43. The first kappa shape index (κ1) is 21.5. The van der Waals surface area contributed by atoms with Crippen molar-refractivity contribution in [2.45, 2.75) is 33.2 Å². The molecular formula is C21H36N6. The largest absolute Gasteiger partial charge is 0.370 e. The van der Waals surface area contributed by atoms with Gasteiger partial charge in [-0.2, -0.15) is 0 Å². The minimum absolute atomic E-state index is 0.822. The number of anilines is 1. The first-order chi connectivity index (χ1) is 13.2. The highest BCUT2D eigenvalue weighted by Gasteiger charge is 2.16. The molecule has 3 rings (SSSR count). The third-order valence-corrected chi connectivity index (χ3v) is 4.56. The van der Waals surface area contributed by atoms with E-state index in [1.54, 1.807) is 0 Å². The number of fused-ring (bicyclic) bond motifs is 1. The van der Waals surface area contributed by atoms with Crippen LogP contribution in [-0.4, -0.2) is 73.1 Å². The summed E-state index contributed by atoms with van der Waals surface area (Å²) in [6.45, 7) is 11.0. The Morgan fingerprint density at radius 1 is 1.15 bits per heavy atom. The zero-order valence-electron chi connectivity index (χ0n) is 17.5. The summed E-state index contributed by atoms with van der Waals surface area (Å²) >= 11 is 0. The summed E-state index contributed by atoms with van der Waals surface area (Å²) in [7, 11) is 4.22. The van der Waals surface area contributed by atoms with E-state index in [-0.39, 0.29) is 0 Å². The van der Waals surface area contributed by atoms with Gasteiger partial charge < -0.3 is 15.5 Å². The molecule has 1 aliphatic carbocycles. The lowest BCUT2D eigenvalue weighted by molar-refractivity contribution is 0.228. The second-order valence-electron chi connectivity index (χ2n) is 6.95. The molecule has 1 fully saturated rings. The molecule has 0 bridgehead atoms. The molecule has 0 radical (unpaired) electrons. The highest BCUT2D eigenvalue weighted by atomic mass is 15.2. The Morgan fingerprint density at radius 3 is 2.67 bits per heavy atom. The van der Waals surface area contributed by atoms with Gasteiger partial charge in [-0.1, -0.05) is 32.1 Å². The minimum Gasteiger partial charge on any atom is -0.370 e. The fourth-order valence-electron chi connectivity index (χ4n) is 3.19. The van der Waals surface area contributed by atoms with Gasteiger partial charge in [0.05, 0.1) is 12.2 Å². The molecule has 0 amide bonds. The maximum atomic E-state index is 4.87. The Morgan fingerprint density at radius 2 is 1.93 bits per heavy atom. The van der Waals surface area contributed by atoms with Gasteiger partial charge in [0.15, 0.2) is 0 Å². The van der Waals surface area contributed by atoms with E-state index in [0.29, 0.717) is 0 Å². The average Bonchev–Trinajstić information content (AvgIpc) is 2.93. The van der Waals surface area contributed by atoms with Crippen LogP contribution in [0.3, 0.4) is 0 Å². The molecular weight excluding hydrogens is 336 g/mol. The van der Waals surface area contributed by atoms with Crippen molar-refractivity contribution in [3.05, 3.63) is 35.3 Å². The van der Waals surface area contributed by atoms with E-state index < -0.39 is 0 Å². The Balaban J connectivity index is 0.00000126. The number of nitrogens with one attached hydrogen (secondary N) is 2. The Bertz CT molecular complexity index is 617. The second kappa shape index (κ2) is 11.8. The number of hydrogen-bond donors (Lipinski definition) is 2. The van der Waals surface area contributed by atoms with Crippen LogP contribution in [0.2, 0.25) is 0 Å². The SMILES string of the molecule is CC.CN(C)CCCNc1nc(CN2CCNCC2)nc2c1CC=CC=C2. The zero-order valence-corrected chi connectivity index (χ0v) is 17.5. The van der Waals surface area contributed by atoms with Crippen molar-refractivity contribution in [3.63, 3.8) is 0 Å². The van der Waals surface area contributed by atoms with Gasteiger partial charge in [-0.3, -0.25) is 4.90 Å². The average molecular weight is 373 g/mol. The highest BCUT2D eigenvalue weighted by Crippen LogP contribution is 2.22. The van der Waals surface area contributed by atoms with Crippen molar-refractivity contribution in [3.8, 4) is 0 Å². The van der Waals surface area contributed by atoms with E-state index >= 15 is 0 Å². The summed E-state index contributed by atoms with van der Waals surface area (Å²) in [4.78, 5) is 14.3. The molecule has 2 N–H and O–H groups in total. The van der Waals surface area contributed by atoms with E-state index in [1.807, 2.05) is 13.8 Å². The summed E-state index contributed by atoms with van der Waals surface area (Å²) in [5.74, 6) is 1.92. The third kappa shape index (κ3) is 7.05. The summed E-state index contributed by atoms with van der Waals surface area (Å²) < 4.78 is 0. The van der Waals surface area contributed by atoms with Crippen molar-refractivity contribution in [1.29, 1.82) is 0 Å². The lowest BCUT2D eigenvalue weighted by atomic mass is 10.1. The predicted molar refractivity (Wildman–Crippen MR) is 115 cm³/mol. The van der Waals surface area contributed by atoms with Gasteiger partial charge in [-0.25, -0.2) is 9.97 Å². The summed E-state index contributed by atoms with van der Waals surface area (Å²) in [5.41, 5.74) is 2.26. The number of nitrogens with zero attached hydrogens (tertiary/aromatic N) is 4. The Kier molecular flexibility index (Phi) is 9.45. The van der Waals surface area contributed by atoms with Crippen LogP contribution < -0.4 is 10.6 Å². The molecule has 0 spiro atoms. The molecule has 0 unspecified atom stereocenters. The van der Waals surface area contributed by atoms with Gasteiger partial charge in [0.1, 0.15) is 11.6 Å². The van der Waals surface area contributed by atoms with Crippen molar-refractivity contribution in [2.24, 2.45) is 0 Å². The number of allylic oxidation sites excluding steroid dienone is 3. The quantitative estimate of drug-likeness (QED) is 0.717. The van der Waals surface area contributed by atoms with Crippen LogP contribution in [0.25, 0.3) is 6.08 Å². The van der Waals surface area contributed by atoms with E-state index in [2.05, 4.69) is 58.8 Å². The van der Waals surface area contributed by atoms with Crippen LogP contribution in [0.5, 0.6) is 0 Å². The molecule has 6 nitrogen and oxygen atoms in total. The molecule has 0 aromatic carbocycles. The maximum Gasteiger partial charge on any atom is 0.145 e. The molecule has 1 aliphatic heterocycles. The van der Waals surface area contributed by atoms with Crippen LogP contribution in [0.15, 0.2) is 18.2 Å². The van der Waals surface area contributed by atoms with Crippen molar-refractivity contribution < 1.29 is 0 Å². The van der Waals surface area contributed by atoms with E-state index in [0.717, 1.165) is 76.0 Å². The standard InChI is InChI=1S/C19H30N6.C2H6/c1-24(2)12-6-9-21-19-16-7-4-3-5-8-17(16)22-18(23-19)15-25-13-10-20-11-14-25;1-2/h3-5,8,20H,6-7,9-15H2,1-2H3,(H,21,22,23);1-2H3. The van der Waals surface area contributed by atoms with Gasteiger partial charge >= 0.3 is 0 Å². The van der Waals surface area contributed by atoms with E-state index in [9.17, 15) is 0 Å². The van der Waals surface area contributed by atoms with Crippen LogP contribution in [-0.2, 0) is 13.0 Å². The van der Waals surface area contributed by atoms with Crippen molar-refractivity contribution in [1.82, 2.24) is 25.1 Å². The minimum atomic E-state index is 0.822. The van der Waals surface area contributed by atoms with Gasteiger partial charge in [-0.05, 0) is 39.6 Å². The van der Waals surface area contributed by atoms with Crippen LogP contribution >= 0.6 is 0 Å². The molecule has 27 heavy (non-hydrogen) atoms. The molecule has 1 saturated heterocycles. The molecule has 150 valence electrons. The van der Waals surface area contributed by atoms with Crippen molar-refractivity contribution in [2.75, 3.05) is 58.7 Å². The fourth-order valence-corrected chi connectivity index (χ4v) is 3.19. The monoisotopic (exact) mass is 372 g/mol. The van der Waals surface area contributed by atoms with Gasteiger partial charge in [-0.15, -0.1) is 0 Å². The molecule has 6 heteroatoms. The summed E-state index contributed by atoms with van der Waals surface area (Å²) in [5, 5.41) is 6.95. The Labute approximate surface area is 164 Å². The van der Waals surface area contributed by atoms with E-state index in [4.69, 9.17) is 9.97 Å². The number of hydrogen-bond acceptors (Lipinski definition) is 6. The molecule has 2 aliphatic rings. The lowest BCUT2D eigenvalue weighted by Gasteiger charge is -2.26. The molecule has 2 heterocycles. The fraction of sp³-hybridized carbons (Fsp3) is 0.619. The maximum absolute atomic E-state index is 4.87. The van der Waals surface area contributed by atoms with Crippen molar-refractivity contribution >= 4 is 11.9 Å². The van der Waals surface area contributed by atoms with E-state index in [1.165, 1.54) is 5.56 Å². The predicted octanol–water partition coefficient (Wildman–Crippen LogP) is 2.40. The smallest absolute Gasteiger partial charge is 0.145 e. The first-order valence-corrected chi connectivity index (χ1v) is 10.3. The first-order valence-electron chi connectivity index (χ1n) is 10.3. The molecule has 1 aromatic rings. The number of piperazine rings is 1. The van der Waals surface area contributed by atoms with Crippen LogP contribution in [0.1, 0.15) is 37.4 Å². The number of aromatic nitrogens is 2. The van der Waals surface area contributed by atoms with Gasteiger partial charge in [0, 0.05) is 38.3 Å². The third-order valence-electron chi connectivity index (χ3n) is 4.56. The summed E-state index contributed by atoms with van der Waals surface area (Å²) in [6, 6.07) is 0. The van der Waals surface area contributed by atoms with Gasteiger partial charge in [0.25, 0.3) is 0 Å². The van der Waals surface area contributed by atoms with Gasteiger partial charge in [0.2, 0.25) is 0 Å². The topological polar surface area (TPSA) is 56.3 Å².